The number of nitrogens with one attached hydrogen (secondary N) is 2. The molecule has 1 aromatic rings. The van der Waals surface area contributed by atoms with Gasteiger partial charge in [-0.1, -0.05) is 30.3 Å². The number of ether oxygens (including phenoxy) is 1. The van der Waals surface area contributed by atoms with Gasteiger partial charge in [-0.2, -0.15) is 4.31 Å². The minimum Gasteiger partial charge on any atom is -0.455 e. The van der Waals surface area contributed by atoms with Crippen LogP contribution in [0.1, 0.15) is 18.4 Å². The van der Waals surface area contributed by atoms with Gasteiger partial charge in [-0.15, -0.1) is 0 Å². The Kier molecular flexibility index (Phi) is 7.70. The molecule has 0 aromatic heterocycles. The van der Waals surface area contributed by atoms with Crippen LogP contribution in [0.3, 0.4) is 0 Å². The summed E-state index contributed by atoms with van der Waals surface area (Å²) in [5, 5.41) is 5.35. The van der Waals surface area contributed by atoms with Crippen LogP contribution >= 0.6 is 0 Å². The molecule has 1 fully saturated rings. The highest BCUT2D eigenvalue weighted by Gasteiger charge is 2.31. The van der Waals surface area contributed by atoms with Crippen molar-refractivity contribution in [2.75, 3.05) is 26.7 Å². The molecule has 9 nitrogen and oxygen atoms in total. The van der Waals surface area contributed by atoms with E-state index in [1.807, 2.05) is 23.5 Å². The maximum atomic E-state index is 12.4. The summed E-state index contributed by atoms with van der Waals surface area (Å²) < 4.78 is 31.0. The molecule has 0 spiro atoms. The summed E-state index contributed by atoms with van der Waals surface area (Å²) >= 11 is 0. The first-order chi connectivity index (χ1) is 13.3. The lowest BCUT2D eigenvalue weighted by Crippen LogP contribution is -2.42. The Morgan fingerprint density at radius 3 is 2.43 bits per heavy atom. The van der Waals surface area contributed by atoms with E-state index >= 15 is 0 Å². The zero-order valence-electron chi connectivity index (χ0n) is 15.5. The molecule has 2 rings (SSSR count). The molecule has 2 N–H and O–H groups in total. The molecule has 0 bridgehead atoms. The van der Waals surface area contributed by atoms with Gasteiger partial charge in [0.1, 0.15) is 0 Å². The van der Waals surface area contributed by atoms with Crippen molar-refractivity contribution >= 4 is 34.0 Å². The molecule has 152 valence electrons. The van der Waals surface area contributed by atoms with Crippen molar-refractivity contribution in [2.24, 2.45) is 5.92 Å². The monoisotopic (exact) mass is 409 g/mol. The molecule has 0 aliphatic carbocycles. The highest BCUT2D eigenvalue weighted by atomic mass is 32.2. The van der Waals surface area contributed by atoms with E-state index in [1.54, 1.807) is 12.1 Å². The summed E-state index contributed by atoms with van der Waals surface area (Å²) in [7, 11) is -2.23. The van der Waals surface area contributed by atoms with E-state index in [9.17, 15) is 22.8 Å². The number of rotatable bonds is 6. The predicted molar refractivity (Wildman–Crippen MR) is 102 cm³/mol. The maximum absolute atomic E-state index is 12.4. The van der Waals surface area contributed by atoms with E-state index in [1.165, 1.54) is 17.4 Å². The number of imide groups is 1. The average molecular weight is 409 g/mol. The Morgan fingerprint density at radius 1 is 1.18 bits per heavy atom. The standard InChI is InChI=1S/C18H23N3O6S/c1-19-18(24)20-16(22)13-27-17(23)15-7-10-21(11-8-15)28(25,26)12-9-14-5-3-2-4-6-14/h2-6,9,12,15H,7-8,10-11,13H2,1H3,(H2,19,20,22,24)/b12-9+. The predicted octanol–water partition coefficient (Wildman–Crippen LogP) is 0.698. The highest BCUT2D eigenvalue weighted by Crippen LogP contribution is 2.22. The van der Waals surface area contributed by atoms with E-state index < -0.39 is 40.5 Å². The van der Waals surface area contributed by atoms with Gasteiger partial charge in [0.15, 0.2) is 6.61 Å². The van der Waals surface area contributed by atoms with Crippen LogP contribution in [0.2, 0.25) is 0 Å². The van der Waals surface area contributed by atoms with Gasteiger partial charge >= 0.3 is 12.0 Å². The lowest BCUT2D eigenvalue weighted by Gasteiger charge is -2.29. The smallest absolute Gasteiger partial charge is 0.321 e. The number of carbonyl (C=O) groups excluding carboxylic acids is 3. The highest BCUT2D eigenvalue weighted by molar-refractivity contribution is 7.92. The van der Waals surface area contributed by atoms with Crippen molar-refractivity contribution in [1.82, 2.24) is 14.9 Å². The van der Waals surface area contributed by atoms with Gasteiger partial charge in [0.05, 0.1) is 5.92 Å². The fourth-order valence-corrected chi connectivity index (χ4v) is 3.86. The molecule has 1 saturated heterocycles. The molecule has 0 unspecified atom stereocenters. The van der Waals surface area contributed by atoms with Gasteiger partial charge in [0.25, 0.3) is 5.91 Å². The van der Waals surface area contributed by atoms with E-state index in [4.69, 9.17) is 4.74 Å². The second-order valence-electron chi connectivity index (χ2n) is 6.17. The lowest BCUT2D eigenvalue weighted by atomic mass is 9.98. The topological polar surface area (TPSA) is 122 Å². The number of urea groups is 1. The van der Waals surface area contributed by atoms with Crippen molar-refractivity contribution in [1.29, 1.82) is 0 Å². The second-order valence-corrected chi connectivity index (χ2v) is 7.99. The molecule has 1 aliphatic heterocycles. The molecule has 3 amide bonds. The molecule has 0 radical (unpaired) electrons. The average Bonchev–Trinajstić information content (AvgIpc) is 2.71. The summed E-state index contributed by atoms with van der Waals surface area (Å²) in [5.74, 6) is -1.81. The summed E-state index contributed by atoms with van der Waals surface area (Å²) in [5.41, 5.74) is 0.777. The third-order valence-electron chi connectivity index (χ3n) is 4.20. The van der Waals surface area contributed by atoms with Crippen molar-refractivity contribution < 1.29 is 27.5 Å². The first-order valence-electron chi connectivity index (χ1n) is 8.73. The van der Waals surface area contributed by atoms with Gasteiger partial charge in [0, 0.05) is 25.5 Å². The van der Waals surface area contributed by atoms with Crippen LogP contribution in [0.4, 0.5) is 4.79 Å². The van der Waals surface area contributed by atoms with Crippen LogP contribution in [0.25, 0.3) is 6.08 Å². The van der Waals surface area contributed by atoms with Crippen molar-refractivity contribution in [3.63, 3.8) is 0 Å². The fourth-order valence-electron chi connectivity index (χ4n) is 2.64. The summed E-state index contributed by atoms with van der Waals surface area (Å²) in [6.45, 7) is -0.193. The van der Waals surface area contributed by atoms with Gasteiger partial charge < -0.3 is 10.1 Å². The largest absolute Gasteiger partial charge is 0.455 e. The van der Waals surface area contributed by atoms with Crippen LogP contribution in [-0.4, -0.2) is 57.4 Å². The third-order valence-corrected chi connectivity index (χ3v) is 5.77. The number of benzene rings is 1. The van der Waals surface area contributed by atoms with Crippen molar-refractivity contribution in [3.05, 3.63) is 41.3 Å². The Bertz CT molecular complexity index is 830. The molecule has 10 heteroatoms. The first-order valence-corrected chi connectivity index (χ1v) is 10.2. The van der Waals surface area contributed by atoms with Gasteiger partial charge in [-0.25, -0.2) is 13.2 Å². The van der Waals surface area contributed by atoms with Gasteiger partial charge in [-0.05, 0) is 24.5 Å². The minimum absolute atomic E-state index is 0.186. The maximum Gasteiger partial charge on any atom is 0.321 e. The zero-order valence-corrected chi connectivity index (χ0v) is 16.3. The first kappa shape index (κ1) is 21.6. The molecule has 0 saturated carbocycles. The van der Waals surface area contributed by atoms with Crippen LogP contribution in [-0.2, 0) is 24.3 Å². The number of piperidine rings is 1. The zero-order chi connectivity index (χ0) is 20.6. The van der Waals surface area contributed by atoms with E-state index in [-0.39, 0.29) is 13.1 Å². The van der Waals surface area contributed by atoms with Gasteiger partial charge in [-0.3, -0.25) is 14.9 Å². The van der Waals surface area contributed by atoms with Crippen LogP contribution in [0, 0.1) is 5.92 Å². The molecule has 1 aliphatic rings. The van der Waals surface area contributed by atoms with Gasteiger partial charge in [0.2, 0.25) is 10.0 Å². The number of sulfonamides is 1. The molecular formula is C18H23N3O6S. The number of nitrogens with zero attached hydrogens (tertiary/aromatic N) is 1. The third kappa shape index (κ3) is 6.46. The molecular weight excluding hydrogens is 386 g/mol. The second kappa shape index (κ2) is 10.00. The summed E-state index contributed by atoms with van der Waals surface area (Å²) in [6.07, 6.45) is 2.13. The van der Waals surface area contributed by atoms with Crippen molar-refractivity contribution in [2.45, 2.75) is 12.8 Å². The summed E-state index contributed by atoms with van der Waals surface area (Å²) in [4.78, 5) is 34.5. The van der Waals surface area contributed by atoms with Crippen LogP contribution < -0.4 is 10.6 Å². The fraction of sp³-hybridized carbons (Fsp3) is 0.389. The van der Waals surface area contributed by atoms with Crippen LogP contribution in [0.15, 0.2) is 35.7 Å². The minimum atomic E-state index is -3.58. The van der Waals surface area contributed by atoms with E-state index in [0.29, 0.717) is 12.8 Å². The Morgan fingerprint density at radius 2 is 1.82 bits per heavy atom. The number of carbonyl (C=O) groups is 3. The number of hydrogen-bond donors (Lipinski definition) is 2. The van der Waals surface area contributed by atoms with E-state index in [0.717, 1.165) is 11.0 Å². The lowest BCUT2D eigenvalue weighted by molar-refractivity contribution is -0.153. The molecule has 28 heavy (non-hydrogen) atoms. The number of esters is 1. The number of amides is 3. The number of hydrogen-bond acceptors (Lipinski definition) is 6. The molecule has 1 heterocycles. The Labute approximate surface area is 163 Å². The van der Waals surface area contributed by atoms with E-state index in [2.05, 4.69) is 5.32 Å². The Hall–Kier alpha value is -2.72. The van der Waals surface area contributed by atoms with Crippen molar-refractivity contribution in [3.8, 4) is 0 Å². The molecule has 0 atom stereocenters. The SMILES string of the molecule is CNC(=O)NC(=O)COC(=O)C1CCN(S(=O)(=O)/C=C/c2ccccc2)CC1. The Balaban J connectivity index is 1.81. The molecule has 1 aromatic carbocycles. The quantitative estimate of drug-likeness (QED) is 0.667. The normalized spacial score (nSPS) is 15.9. The summed E-state index contributed by atoms with van der Waals surface area (Å²) in [6, 6.07) is 8.39. The van der Waals surface area contributed by atoms with Crippen LogP contribution in [0.5, 0.6) is 0 Å².